The van der Waals surface area contributed by atoms with Crippen LogP contribution in [-0.4, -0.2) is 30.5 Å². The van der Waals surface area contributed by atoms with Gasteiger partial charge in [0.15, 0.2) is 0 Å². The van der Waals surface area contributed by atoms with E-state index in [0.29, 0.717) is 5.92 Å². The number of hydrogen-bond acceptors (Lipinski definition) is 3. The lowest BCUT2D eigenvalue weighted by molar-refractivity contribution is -0.0209. The molecule has 0 spiro atoms. The standard InChI is InChI=1S/C13H29NO2/c1-4-7-8-11(5-2)10-16-13(9-15)12(14)6-3/h11-13,15H,4-10,14H2,1-3H3. The van der Waals surface area contributed by atoms with E-state index in [-0.39, 0.29) is 18.8 Å². The van der Waals surface area contributed by atoms with Gasteiger partial charge in [0.2, 0.25) is 0 Å². The van der Waals surface area contributed by atoms with Gasteiger partial charge in [-0.1, -0.05) is 40.0 Å². The fourth-order valence-electron chi connectivity index (χ4n) is 1.73. The smallest absolute Gasteiger partial charge is 0.0956 e. The molecule has 0 amide bonds. The van der Waals surface area contributed by atoms with Gasteiger partial charge in [0.25, 0.3) is 0 Å². The van der Waals surface area contributed by atoms with Crippen LogP contribution in [0.25, 0.3) is 0 Å². The minimum absolute atomic E-state index is 0.0270. The minimum Gasteiger partial charge on any atom is -0.394 e. The molecule has 0 rings (SSSR count). The monoisotopic (exact) mass is 231 g/mol. The van der Waals surface area contributed by atoms with Crippen molar-refractivity contribution in [2.45, 2.75) is 65.0 Å². The van der Waals surface area contributed by atoms with Crippen LogP contribution in [0.1, 0.15) is 52.9 Å². The summed E-state index contributed by atoms with van der Waals surface area (Å²) in [5, 5.41) is 9.18. The van der Waals surface area contributed by atoms with Gasteiger partial charge in [-0.2, -0.15) is 0 Å². The van der Waals surface area contributed by atoms with Gasteiger partial charge in [0, 0.05) is 12.6 Å². The summed E-state index contributed by atoms with van der Waals surface area (Å²) in [5.74, 6) is 0.609. The second kappa shape index (κ2) is 10.1. The molecule has 3 unspecified atom stereocenters. The van der Waals surface area contributed by atoms with Crippen LogP contribution in [-0.2, 0) is 4.74 Å². The Morgan fingerprint density at radius 2 is 1.88 bits per heavy atom. The Morgan fingerprint density at radius 3 is 2.31 bits per heavy atom. The van der Waals surface area contributed by atoms with Crippen molar-refractivity contribution in [3.63, 3.8) is 0 Å². The van der Waals surface area contributed by atoms with Crippen molar-refractivity contribution in [1.29, 1.82) is 0 Å². The third-order valence-electron chi connectivity index (χ3n) is 3.22. The molecule has 0 fully saturated rings. The predicted octanol–water partition coefficient (Wildman–Crippen LogP) is 2.32. The summed E-state index contributed by atoms with van der Waals surface area (Å²) in [5.41, 5.74) is 5.87. The van der Waals surface area contributed by atoms with E-state index in [1.54, 1.807) is 0 Å². The van der Waals surface area contributed by atoms with Crippen LogP contribution in [0.3, 0.4) is 0 Å². The first-order chi connectivity index (χ1) is 7.69. The Kier molecular flexibility index (Phi) is 9.99. The number of rotatable bonds is 10. The van der Waals surface area contributed by atoms with Crippen LogP contribution in [0.5, 0.6) is 0 Å². The highest BCUT2D eigenvalue weighted by Gasteiger charge is 2.17. The van der Waals surface area contributed by atoms with Crippen molar-refractivity contribution in [3.8, 4) is 0 Å². The molecule has 0 aromatic carbocycles. The summed E-state index contributed by atoms with van der Waals surface area (Å²) in [6.45, 7) is 7.17. The highest BCUT2D eigenvalue weighted by molar-refractivity contribution is 4.71. The number of ether oxygens (including phenoxy) is 1. The molecule has 0 aromatic heterocycles. The first-order valence-electron chi connectivity index (χ1n) is 6.67. The fourth-order valence-corrected chi connectivity index (χ4v) is 1.73. The molecular weight excluding hydrogens is 202 g/mol. The highest BCUT2D eigenvalue weighted by atomic mass is 16.5. The molecule has 0 aliphatic rings. The minimum atomic E-state index is -0.194. The van der Waals surface area contributed by atoms with Crippen molar-refractivity contribution in [2.24, 2.45) is 11.7 Å². The summed E-state index contributed by atoms with van der Waals surface area (Å²) in [7, 11) is 0. The first-order valence-corrected chi connectivity index (χ1v) is 6.67. The lowest BCUT2D eigenvalue weighted by Crippen LogP contribution is -2.39. The summed E-state index contributed by atoms with van der Waals surface area (Å²) in [4.78, 5) is 0. The Morgan fingerprint density at radius 1 is 1.19 bits per heavy atom. The number of hydrogen-bond donors (Lipinski definition) is 2. The molecule has 3 N–H and O–H groups in total. The molecule has 3 nitrogen and oxygen atoms in total. The quantitative estimate of drug-likeness (QED) is 0.606. The van der Waals surface area contributed by atoms with Crippen LogP contribution in [0.4, 0.5) is 0 Å². The van der Waals surface area contributed by atoms with Crippen molar-refractivity contribution in [3.05, 3.63) is 0 Å². The molecular formula is C13H29NO2. The Labute approximate surface area is 100 Å². The molecule has 0 aliphatic carbocycles. The molecule has 98 valence electrons. The third kappa shape index (κ3) is 6.46. The zero-order valence-corrected chi connectivity index (χ0v) is 11.1. The average Bonchev–Trinajstić information content (AvgIpc) is 2.33. The van der Waals surface area contributed by atoms with Crippen molar-refractivity contribution >= 4 is 0 Å². The van der Waals surface area contributed by atoms with E-state index in [2.05, 4.69) is 13.8 Å². The van der Waals surface area contributed by atoms with E-state index < -0.39 is 0 Å². The van der Waals surface area contributed by atoms with Gasteiger partial charge in [-0.15, -0.1) is 0 Å². The second-order valence-corrected chi connectivity index (χ2v) is 4.54. The summed E-state index contributed by atoms with van der Waals surface area (Å²) in [6.07, 6.45) is 5.49. The molecule has 3 heteroatoms. The predicted molar refractivity (Wildman–Crippen MR) is 68.4 cm³/mol. The van der Waals surface area contributed by atoms with E-state index in [1.807, 2.05) is 6.92 Å². The molecule has 0 aromatic rings. The van der Waals surface area contributed by atoms with Crippen LogP contribution in [0, 0.1) is 5.92 Å². The topological polar surface area (TPSA) is 55.5 Å². The average molecular weight is 231 g/mol. The van der Waals surface area contributed by atoms with Gasteiger partial charge in [-0.3, -0.25) is 0 Å². The maximum atomic E-state index is 9.18. The number of aliphatic hydroxyl groups is 1. The van der Waals surface area contributed by atoms with Gasteiger partial charge in [0.1, 0.15) is 0 Å². The molecule has 0 saturated heterocycles. The summed E-state index contributed by atoms with van der Waals surface area (Å²) in [6, 6.07) is -0.0475. The van der Waals surface area contributed by atoms with Crippen molar-refractivity contribution < 1.29 is 9.84 Å². The lowest BCUT2D eigenvalue weighted by Gasteiger charge is -2.24. The SMILES string of the molecule is CCCCC(CC)COC(CO)C(N)CC. The number of unbranched alkanes of at least 4 members (excludes halogenated alkanes) is 1. The molecule has 0 bridgehead atoms. The van der Waals surface area contributed by atoms with Crippen LogP contribution >= 0.6 is 0 Å². The molecule has 0 aliphatic heterocycles. The molecule has 0 saturated carbocycles. The van der Waals surface area contributed by atoms with Gasteiger partial charge in [-0.25, -0.2) is 0 Å². The lowest BCUT2D eigenvalue weighted by atomic mass is 10.0. The zero-order valence-electron chi connectivity index (χ0n) is 11.1. The van der Waals surface area contributed by atoms with E-state index >= 15 is 0 Å². The normalized spacial score (nSPS) is 17.1. The van der Waals surface area contributed by atoms with E-state index in [9.17, 15) is 5.11 Å². The number of nitrogens with two attached hydrogens (primary N) is 1. The van der Waals surface area contributed by atoms with E-state index in [4.69, 9.17) is 10.5 Å². The third-order valence-corrected chi connectivity index (χ3v) is 3.22. The molecule has 0 heterocycles. The number of aliphatic hydroxyl groups excluding tert-OH is 1. The van der Waals surface area contributed by atoms with Gasteiger partial charge in [0.05, 0.1) is 12.7 Å². The van der Waals surface area contributed by atoms with Crippen LogP contribution < -0.4 is 5.73 Å². The Balaban J connectivity index is 3.87. The van der Waals surface area contributed by atoms with Gasteiger partial charge in [-0.05, 0) is 18.8 Å². The molecule has 3 atom stereocenters. The largest absolute Gasteiger partial charge is 0.394 e. The van der Waals surface area contributed by atoms with Crippen LogP contribution in [0.15, 0.2) is 0 Å². The van der Waals surface area contributed by atoms with Crippen molar-refractivity contribution in [1.82, 2.24) is 0 Å². The van der Waals surface area contributed by atoms with E-state index in [1.165, 1.54) is 19.3 Å². The second-order valence-electron chi connectivity index (χ2n) is 4.54. The first kappa shape index (κ1) is 15.9. The van der Waals surface area contributed by atoms with Crippen molar-refractivity contribution in [2.75, 3.05) is 13.2 Å². The maximum Gasteiger partial charge on any atom is 0.0956 e. The zero-order chi connectivity index (χ0) is 12.4. The van der Waals surface area contributed by atoms with Gasteiger partial charge >= 0.3 is 0 Å². The Hall–Kier alpha value is -0.120. The Bertz CT molecular complexity index is 153. The maximum absolute atomic E-state index is 9.18. The fraction of sp³-hybridized carbons (Fsp3) is 1.00. The van der Waals surface area contributed by atoms with E-state index in [0.717, 1.165) is 19.4 Å². The summed E-state index contributed by atoms with van der Waals surface area (Å²) >= 11 is 0. The molecule has 0 radical (unpaired) electrons. The van der Waals surface area contributed by atoms with Gasteiger partial charge < -0.3 is 15.6 Å². The molecule has 16 heavy (non-hydrogen) atoms. The summed E-state index contributed by atoms with van der Waals surface area (Å²) < 4.78 is 5.72. The van der Waals surface area contributed by atoms with Crippen LogP contribution in [0.2, 0.25) is 0 Å². The highest BCUT2D eigenvalue weighted by Crippen LogP contribution is 2.14.